The number of rotatable bonds is 3. The van der Waals surface area contributed by atoms with Crippen LogP contribution >= 0.6 is 0 Å². The van der Waals surface area contributed by atoms with Gasteiger partial charge >= 0.3 is 5.97 Å². The van der Waals surface area contributed by atoms with Gasteiger partial charge in [0.25, 0.3) is 5.91 Å². The summed E-state index contributed by atoms with van der Waals surface area (Å²) in [6, 6.07) is 3.35. The Morgan fingerprint density at radius 2 is 2.00 bits per heavy atom. The van der Waals surface area contributed by atoms with Crippen LogP contribution in [0.1, 0.15) is 23.3 Å². The van der Waals surface area contributed by atoms with Gasteiger partial charge < -0.3 is 15.3 Å². The van der Waals surface area contributed by atoms with Gasteiger partial charge in [0.1, 0.15) is 0 Å². The van der Waals surface area contributed by atoms with Gasteiger partial charge in [0.05, 0.1) is 5.92 Å². The molecule has 2 rings (SSSR count). The molecule has 102 valence electrons. The third-order valence-corrected chi connectivity index (χ3v) is 3.28. The topological polar surface area (TPSA) is 95.4 Å². The minimum absolute atomic E-state index is 0.269. The number of amides is 1. The van der Waals surface area contributed by atoms with Crippen LogP contribution in [0.3, 0.4) is 0 Å². The Balaban J connectivity index is 2.00. The van der Waals surface area contributed by atoms with E-state index in [0.29, 0.717) is 31.7 Å². The predicted molar refractivity (Wildman–Crippen MR) is 68.0 cm³/mol. The van der Waals surface area contributed by atoms with Crippen molar-refractivity contribution >= 4 is 17.7 Å². The zero-order valence-corrected chi connectivity index (χ0v) is 10.7. The lowest BCUT2D eigenvalue weighted by Crippen LogP contribution is -2.37. The molecule has 1 amide bonds. The Morgan fingerprint density at radius 1 is 1.32 bits per heavy atom. The number of carboxylic acids is 1. The standard InChI is InChI=1S/C12H16N4O3/c1-13-11(17)9-2-3-10(15-14-9)16-6-4-8(5-7-16)12(18)19/h2-3,8H,4-7H2,1H3,(H,13,17)(H,18,19). The summed E-state index contributed by atoms with van der Waals surface area (Å²) >= 11 is 0. The van der Waals surface area contributed by atoms with E-state index in [0.717, 1.165) is 0 Å². The fourth-order valence-corrected chi connectivity index (χ4v) is 2.10. The van der Waals surface area contributed by atoms with Crippen LogP contribution in [0.5, 0.6) is 0 Å². The van der Waals surface area contributed by atoms with E-state index in [1.165, 1.54) is 7.05 Å². The molecule has 1 aromatic heterocycles. The van der Waals surface area contributed by atoms with E-state index in [-0.39, 0.29) is 17.5 Å². The highest BCUT2D eigenvalue weighted by molar-refractivity contribution is 5.91. The molecule has 1 fully saturated rings. The number of hydrogen-bond acceptors (Lipinski definition) is 5. The Labute approximate surface area is 110 Å². The number of nitrogens with one attached hydrogen (secondary N) is 1. The van der Waals surface area contributed by atoms with Crippen molar-refractivity contribution in [1.82, 2.24) is 15.5 Å². The van der Waals surface area contributed by atoms with Gasteiger partial charge in [-0.1, -0.05) is 0 Å². The van der Waals surface area contributed by atoms with Gasteiger partial charge in [-0.05, 0) is 25.0 Å². The highest BCUT2D eigenvalue weighted by Gasteiger charge is 2.25. The molecule has 0 saturated carbocycles. The average Bonchev–Trinajstić information content (AvgIpc) is 2.46. The van der Waals surface area contributed by atoms with Crippen LogP contribution in [0, 0.1) is 5.92 Å². The summed E-state index contributed by atoms with van der Waals surface area (Å²) in [5, 5.41) is 19.3. The SMILES string of the molecule is CNC(=O)c1ccc(N2CCC(C(=O)O)CC2)nn1. The number of hydrogen-bond donors (Lipinski definition) is 2. The maximum absolute atomic E-state index is 11.3. The van der Waals surface area contributed by atoms with Crippen molar-refractivity contribution in [1.29, 1.82) is 0 Å². The van der Waals surface area contributed by atoms with Gasteiger partial charge in [0.15, 0.2) is 11.5 Å². The molecule has 1 aliphatic rings. The van der Waals surface area contributed by atoms with E-state index in [1.807, 2.05) is 4.90 Å². The lowest BCUT2D eigenvalue weighted by molar-refractivity contribution is -0.142. The normalized spacial score (nSPS) is 16.2. The highest BCUT2D eigenvalue weighted by Crippen LogP contribution is 2.21. The Hall–Kier alpha value is -2.18. The second kappa shape index (κ2) is 5.64. The zero-order chi connectivity index (χ0) is 13.8. The number of nitrogens with zero attached hydrogens (tertiary/aromatic N) is 3. The Bertz CT molecular complexity index is 466. The van der Waals surface area contributed by atoms with Crippen LogP contribution < -0.4 is 10.2 Å². The number of anilines is 1. The second-order valence-corrected chi connectivity index (χ2v) is 4.46. The van der Waals surface area contributed by atoms with Crippen LogP contribution in [0.4, 0.5) is 5.82 Å². The van der Waals surface area contributed by atoms with E-state index >= 15 is 0 Å². The molecule has 0 aromatic carbocycles. The summed E-state index contributed by atoms with van der Waals surface area (Å²) in [4.78, 5) is 24.2. The molecule has 0 unspecified atom stereocenters. The molecule has 2 heterocycles. The molecule has 0 atom stereocenters. The molecular formula is C12H16N4O3. The van der Waals surface area contributed by atoms with Gasteiger partial charge in [0, 0.05) is 20.1 Å². The first-order valence-electron chi connectivity index (χ1n) is 6.15. The predicted octanol–water partition coefficient (Wildman–Crippen LogP) is 0.137. The van der Waals surface area contributed by atoms with Crippen molar-refractivity contribution in [3.8, 4) is 0 Å². The van der Waals surface area contributed by atoms with Crippen LogP contribution in [0.15, 0.2) is 12.1 Å². The fourth-order valence-electron chi connectivity index (χ4n) is 2.10. The van der Waals surface area contributed by atoms with E-state index in [2.05, 4.69) is 15.5 Å². The molecule has 1 saturated heterocycles. The van der Waals surface area contributed by atoms with Crippen LogP contribution in [-0.4, -0.2) is 47.3 Å². The molecule has 1 aromatic rings. The van der Waals surface area contributed by atoms with Crippen molar-refractivity contribution in [3.63, 3.8) is 0 Å². The minimum atomic E-state index is -0.735. The van der Waals surface area contributed by atoms with Gasteiger partial charge in [-0.25, -0.2) is 0 Å². The van der Waals surface area contributed by atoms with Crippen LogP contribution in [0.25, 0.3) is 0 Å². The van der Waals surface area contributed by atoms with Crippen molar-refractivity contribution in [2.24, 2.45) is 5.92 Å². The summed E-state index contributed by atoms with van der Waals surface area (Å²) in [5.74, 6) is -0.602. The van der Waals surface area contributed by atoms with Crippen molar-refractivity contribution in [3.05, 3.63) is 17.8 Å². The van der Waals surface area contributed by atoms with E-state index in [9.17, 15) is 9.59 Å². The first-order chi connectivity index (χ1) is 9.11. The van der Waals surface area contributed by atoms with Crippen molar-refractivity contribution < 1.29 is 14.7 Å². The third kappa shape index (κ3) is 2.98. The van der Waals surface area contributed by atoms with Gasteiger partial charge in [-0.15, -0.1) is 10.2 Å². The number of carbonyl (C=O) groups is 2. The highest BCUT2D eigenvalue weighted by atomic mass is 16.4. The smallest absolute Gasteiger partial charge is 0.306 e. The maximum Gasteiger partial charge on any atom is 0.306 e. The minimum Gasteiger partial charge on any atom is -0.481 e. The van der Waals surface area contributed by atoms with E-state index < -0.39 is 5.97 Å². The molecular weight excluding hydrogens is 248 g/mol. The maximum atomic E-state index is 11.3. The van der Waals surface area contributed by atoms with Gasteiger partial charge in [0.2, 0.25) is 0 Å². The monoisotopic (exact) mass is 264 g/mol. The number of piperidine rings is 1. The zero-order valence-electron chi connectivity index (χ0n) is 10.7. The summed E-state index contributed by atoms with van der Waals surface area (Å²) in [5.41, 5.74) is 0.270. The molecule has 2 N–H and O–H groups in total. The van der Waals surface area contributed by atoms with Crippen LogP contribution in [-0.2, 0) is 4.79 Å². The Kier molecular flexibility index (Phi) is 3.94. The molecule has 0 radical (unpaired) electrons. The summed E-state index contributed by atoms with van der Waals surface area (Å²) in [6.45, 7) is 1.29. The van der Waals surface area contributed by atoms with Gasteiger partial charge in [-0.3, -0.25) is 9.59 Å². The lowest BCUT2D eigenvalue weighted by Gasteiger charge is -2.30. The number of aromatic nitrogens is 2. The van der Waals surface area contributed by atoms with Gasteiger partial charge in [-0.2, -0.15) is 0 Å². The Morgan fingerprint density at radius 3 is 2.47 bits per heavy atom. The molecule has 7 heteroatoms. The lowest BCUT2D eigenvalue weighted by atomic mass is 9.97. The largest absolute Gasteiger partial charge is 0.481 e. The number of carbonyl (C=O) groups excluding carboxylic acids is 1. The first-order valence-corrected chi connectivity index (χ1v) is 6.15. The quantitative estimate of drug-likeness (QED) is 0.806. The van der Waals surface area contributed by atoms with Crippen molar-refractivity contribution in [2.45, 2.75) is 12.8 Å². The molecule has 0 aliphatic carbocycles. The summed E-state index contributed by atoms with van der Waals surface area (Å²) < 4.78 is 0. The van der Waals surface area contributed by atoms with Crippen LogP contribution in [0.2, 0.25) is 0 Å². The second-order valence-electron chi connectivity index (χ2n) is 4.46. The number of aliphatic carboxylic acids is 1. The molecule has 7 nitrogen and oxygen atoms in total. The van der Waals surface area contributed by atoms with E-state index in [1.54, 1.807) is 12.1 Å². The average molecular weight is 264 g/mol. The fraction of sp³-hybridized carbons (Fsp3) is 0.500. The van der Waals surface area contributed by atoms with Crippen molar-refractivity contribution in [2.75, 3.05) is 25.0 Å². The molecule has 1 aliphatic heterocycles. The third-order valence-electron chi connectivity index (χ3n) is 3.28. The summed E-state index contributed by atoms with van der Waals surface area (Å²) in [7, 11) is 1.54. The first kappa shape index (κ1) is 13.3. The number of carboxylic acid groups (broad SMARTS) is 1. The summed E-state index contributed by atoms with van der Waals surface area (Å²) in [6.07, 6.45) is 1.21. The molecule has 19 heavy (non-hydrogen) atoms. The van der Waals surface area contributed by atoms with E-state index in [4.69, 9.17) is 5.11 Å². The molecule has 0 bridgehead atoms. The molecule has 0 spiro atoms.